The number of carbonyl (C=O) groups is 1. The van der Waals surface area contributed by atoms with Crippen LogP contribution in [0.2, 0.25) is 0 Å². The van der Waals surface area contributed by atoms with Crippen molar-refractivity contribution in [3.05, 3.63) is 35.7 Å². The summed E-state index contributed by atoms with van der Waals surface area (Å²) in [5, 5.41) is 22.7. The molecule has 1 aromatic carbocycles. The third-order valence-corrected chi connectivity index (χ3v) is 3.65. The predicted molar refractivity (Wildman–Crippen MR) is 116 cm³/mol. The van der Waals surface area contributed by atoms with Crippen molar-refractivity contribution < 1.29 is 14.6 Å². The number of phenols is 1. The molecule has 0 saturated heterocycles. The predicted octanol–water partition coefficient (Wildman–Crippen LogP) is 3.75. The summed E-state index contributed by atoms with van der Waals surface area (Å²) in [5.41, 5.74) is 5.68. The van der Waals surface area contributed by atoms with Gasteiger partial charge in [-0.05, 0) is 51.3 Å². The fourth-order valence-electron chi connectivity index (χ4n) is 2.57. The van der Waals surface area contributed by atoms with Gasteiger partial charge in [-0.1, -0.05) is 26.8 Å². The Morgan fingerprint density at radius 1 is 1.32 bits per heavy atom. The smallest absolute Gasteiger partial charge is 0.293 e. The van der Waals surface area contributed by atoms with E-state index >= 15 is 0 Å². The summed E-state index contributed by atoms with van der Waals surface area (Å²) in [6.45, 7) is 9.13. The van der Waals surface area contributed by atoms with Crippen LogP contribution in [-0.2, 0) is 9.53 Å². The number of carbonyl (C=O) groups excluding carboxylic acids is 1. The second-order valence-electron chi connectivity index (χ2n) is 5.85. The number of allylic oxidation sites excluding steroid dienone is 1. The van der Waals surface area contributed by atoms with E-state index in [4.69, 9.17) is 15.9 Å². The molecule has 7 nitrogen and oxygen atoms in total. The van der Waals surface area contributed by atoms with Gasteiger partial charge in [-0.2, -0.15) is 0 Å². The number of hydrogen-bond donors (Lipinski definition) is 5. The van der Waals surface area contributed by atoms with Crippen LogP contribution >= 0.6 is 0 Å². The lowest BCUT2D eigenvalue weighted by Crippen LogP contribution is -2.27. The van der Waals surface area contributed by atoms with Gasteiger partial charge in [-0.3, -0.25) is 4.79 Å². The molecule has 0 radical (unpaired) electrons. The molecule has 0 spiro atoms. The minimum atomic E-state index is -0.429. The summed E-state index contributed by atoms with van der Waals surface area (Å²) < 4.78 is 5.87. The Bertz CT molecular complexity index is 611. The van der Waals surface area contributed by atoms with E-state index in [2.05, 4.69) is 10.6 Å². The third-order valence-electron chi connectivity index (χ3n) is 3.65. The number of aromatic hydroxyl groups is 1. The van der Waals surface area contributed by atoms with Crippen molar-refractivity contribution in [2.45, 2.75) is 59.5 Å². The molecule has 0 atom stereocenters. The number of anilines is 1. The molecule has 158 valence electrons. The van der Waals surface area contributed by atoms with Gasteiger partial charge in [0.15, 0.2) is 0 Å². The topological polar surface area (TPSA) is 120 Å². The molecular weight excluding hydrogens is 356 g/mol. The van der Waals surface area contributed by atoms with Crippen LogP contribution in [0.1, 0.15) is 53.4 Å². The van der Waals surface area contributed by atoms with E-state index in [1.807, 2.05) is 27.7 Å². The maximum atomic E-state index is 12.6. The van der Waals surface area contributed by atoms with Crippen LogP contribution in [0.4, 0.5) is 5.69 Å². The summed E-state index contributed by atoms with van der Waals surface area (Å²) in [7, 11) is 0. The summed E-state index contributed by atoms with van der Waals surface area (Å²) in [6.07, 6.45) is 5.12. The Kier molecular flexibility index (Phi) is 14.1. The maximum absolute atomic E-state index is 12.6. The number of phenolic OH excluding ortho intramolecular Hbond substituents is 1. The van der Waals surface area contributed by atoms with E-state index in [-0.39, 0.29) is 17.6 Å². The molecule has 1 aromatic rings. The van der Waals surface area contributed by atoms with Crippen LogP contribution in [0.15, 0.2) is 35.7 Å². The van der Waals surface area contributed by atoms with Crippen LogP contribution in [0.3, 0.4) is 0 Å². The largest absolute Gasteiger partial charge is 0.508 e. The highest BCUT2D eigenvalue weighted by molar-refractivity contribution is 6.05. The van der Waals surface area contributed by atoms with Crippen LogP contribution in [-0.4, -0.2) is 36.4 Å². The van der Waals surface area contributed by atoms with Crippen molar-refractivity contribution in [3.8, 4) is 5.75 Å². The van der Waals surface area contributed by atoms with Crippen molar-refractivity contribution in [3.63, 3.8) is 0 Å². The zero-order chi connectivity index (χ0) is 21.4. The average Bonchev–Trinajstić information content (AvgIpc) is 3.20. The molecule has 0 aliphatic heterocycles. The first-order valence-corrected chi connectivity index (χ1v) is 10.0. The molecule has 1 aliphatic rings. The van der Waals surface area contributed by atoms with Gasteiger partial charge in [0.1, 0.15) is 11.4 Å². The summed E-state index contributed by atoms with van der Waals surface area (Å²) in [4.78, 5) is 12.6. The molecular formula is C21H36N4O3. The van der Waals surface area contributed by atoms with E-state index < -0.39 is 5.91 Å². The van der Waals surface area contributed by atoms with Gasteiger partial charge in [0, 0.05) is 24.5 Å². The van der Waals surface area contributed by atoms with Gasteiger partial charge in [-0.25, -0.2) is 0 Å². The van der Waals surface area contributed by atoms with E-state index in [1.54, 1.807) is 12.1 Å². The highest BCUT2D eigenvalue weighted by Gasteiger charge is 2.24. The third kappa shape index (κ3) is 9.41. The molecule has 2 rings (SSSR count). The average molecular weight is 393 g/mol. The SMILES string of the molecule is CC.CCN.CCN/C(C=N)=C(\OC1CCCC1)C(=O)Nc1cccc(O)c1. The first kappa shape index (κ1) is 25.5. The van der Waals surface area contributed by atoms with Gasteiger partial charge < -0.3 is 31.6 Å². The maximum Gasteiger partial charge on any atom is 0.293 e. The number of nitrogens with two attached hydrogens (primary N) is 1. The van der Waals surface area contributed by atoms with Crippen LogP contribution in [0.5, 0.6) is 5.75 Å². The van der Waals surface area contributed by atoms with Crippen molar-refractivity contribution in [2.24, 2.45) is 5.73 Å². The van der Waals surface area contributed by atoms with Crippen LogP contribution < -0.4 is 16.4 Å². The second-order valence-corrected chi connectivity index (χ2v) is 5.85. The number of rotatable bonds is 7. The summed E-state index contributed by atoms with van der Waals surface area (Å²) >= 11 is 0. The fraction of sp³-hybridized carbons (Fsp3) is 0.524. The van der Waals surface area contributed by atoms with Gasteiger partial charge in [0.05, 0.1) is 6.10 Å². The van der Waals surface area contributed by atoms with Crippen LogP contribution in [0, 0.1) is 5.41 Å². The number of hydrogen-bond acceptors (Lipinski definition) is 6. The van der Waals surface area contributed by atoms with Gasteiger partial charge in [0.2, 0.25) is 5.76 Å². The Balaban J connectivity index is 0.00000133. The van der Waals surface area contributed by atoms with Gasteiger partial charge in [0.25, 0.3) is 5.91 Å². The highest BCUT2D eigenvalue weighted by atomic mass is 16.5. The molecule has 6 N–H and O–H groups in total. The first-order valence-electron chi connectivity index (χ1n) is 10.0. The highest BCUT2D eigenvalue weighted by Crippen LogP contribution is 2.25. The fourth-order valence-corrected chi connectivity index (χ4v) is 2.57. The van der Waals surface area contributed by atoms with Crippen molar-refractivity contribution in [1.82, 2.24) is 5.32 Å². The van der Waals surface area contributed by atoms with Crippen LogP contribution in [0.25, 0.3) is 0 Å². The lowest BCUT2D eigenvalue weighted by molar-refractivity contribution is -0.117. The molecule has 1 aliphatic carbocycles. The summed E-state index contributed by atoms with van der Waals surface area (Å²) in [5.74, 6) is -0.233. The zero-order valence-corrected chi connectivity index (χ0v) is 17.5. The lowest BCUT2D eigenvalue weighted by Gasteiger charge is -2.19. The van der Waals surface area contributed by atoms with Gasteiger partial charge >= 0.3 is 0 Å². The second kappa shape index (κ2) is 15.5. The molecule has 28 heavy (non-hydrogen) atoms. The molecule has 1 saturated carbocycles. The molecule has 1 fully saturated rings. The van der Waals surface area contributed by atoms with Gasteiger partial charge in [-0.15, -0.1) is 0 Å². The van der Waals surface area contributed by atoms with Crippen molar-refractivity contribution >= 4 is 17.8 Å². The Hall–Kier alpha value is -2.54. The molecule has 0 aromatic heterocycles. The normalized spacial score (nSPS) is 13.8. The summed E-state index contributed by atoms with van der Waals surface area (Å²) in [6, 6.07) is 6.32. The van der Waals surface area contributed by atoms with Crippen molar-refractivity contribution in [1.29, 1.82) is 5.41 Å². The Morgan fingerprint density at radius 3 is 2.43 bits per heavy atom. The monoisotopic (exact) mass is 392 g/mol. The number of nitrogens with one attached hydrogen (secondary N) is 3. The number of ether oxygens (including phenoxy) is 1. The van der Waals surface area contributed by atoms with Crippen molar-refractivity contribution in [2.75, 3.05) is 18.4 Å². The molecule has 0 bridgehead atoms. The molecule has 7 heteroatoms. The standard InChI is InChI=1S/C17H23N3O3.C2H7N.C2H6/c1-2-19-15(11-18)16(23-14-8-3-4-9-14)17(22)20-12-6-5-7-13(21)10-12;1-2-3;1-2/h5-7,10-11,14,18-19,21H,2-4,8-9H2,1H3,(H,20,22);2-3H2,1H3;1-2H3/b16-15-,18-11?;;. The number of benzene rings is 1. The van der Waals surface area contributed by atoms with E-state index in [9.17, 15) is 9.90 Å². The minimum Gasteiger partial charge on any atom is -0.508 e. The first-order chi connectivity index (χ1) is 13.5. The quantitative estimate of drug-likeness (QED) is 0.275. The minimum absolute atomic E-state index is 0.00790. The Morgan fingerprint density at radius 2 is 1.93 bits per heavy atom. The molecule has 1 amide bonds. The lowest BCUT2D eigenvalue weighted by atomic mass is 10.2. The van der Waals surface area contributed by atoms with E-state index in [0.29, 0.717) is 17.9 Å². The molecule has 0 unspecified atom stereocenters. The zero-order valence-electron chi connectivity index (χ0n) is 17.5. The van der Waals surface area contributed by atoms with E-state index in [0.717, 1.165) is 38.4 Å². The number of amides is 1. The Labute approximate surface area is 168 Å². The molecule has 0 heterocycles. The van der Waals surface area contributed by atoms with E-state index in [1.165, 1.54) is 12.1 Å².